The smallest absolute Gasteiger partial charge is 0.348 e. The molecule has 1 amide bonds. The largest absolute Gasteiger partial charge is 0.435 e. The number of benzene rings is 1. The average Bonchev–Trinajstić information content (AvgIpc) is 3.49. The molecule has 37 heavy (non-hydrogen) atoms. The lowest BCUT2D eigenvalue weighted by Gasteiger charge is -2.15. The Morgan fingerprint density at radius 1 is 1.30 bits per heavy atom. The Kier molecular flexibility index (Phi) is 7.12. The Morgan fingerprint density at radius 3 is 2.76 bits per heavy atom. The zero-order valence-corrected chi connectivity index (χ0v) is 20.0. The summed E-state index contributed by atoms with van der Waals surface area (Å²) in [5.41, 5.74) is 6.66. The van der Waals surface area contributed by atoms with Gasteiger partial charge in [0.1, 0.15) is 6.54 Å². The zero-order valence-electron chi connectivity index (χ0n) is 20.0. The van der Waals surface area contributed by atoms with E-state index >= 15 is 0 Å². The van der Waals surface area contributed by atoms with Gasteiger partial charge in [-0.15, -0.1) is 0 Å². The molecule has 0 aliphatic heterocycles. The number of aryl methyl sites for hydroxylation is 1. The summed E-state index contributed by atoms with van der Waals surface area (Å²) in [4.78, 5) is 21.2. The van der Waals surface area contributed by atoms with Crippen molar-refractivity contribution in [3.63, 3.8) is 0 Å². The number of nitrogens with one attached hydrogen (secondary N) is 2. The van der Waals surface area contributed by atoms with Crippen molar-refractivity contribution >= 4 is 23.1 Å². The van der Waals surface area contributed by atoms with Crippen molar-refractivity contribution in [3.8, 4) is 17.3 Å². The van der Waals surface area contributed by atoms with E-state index in [0.717, 1.165) is 10.2 Å². The molecule has 13 heteroatoms. The standard InChI is InChI=1S/C24H24F3N9O/c1-3-15-10-16(4-5-17(15)23(37)32-14(2)11-29)33-21-22-31-12-19(36(22)9-7-30-21)18-13-35(8-6-28)34-20(18)24(25,26)27/h4-5,7,9-10,12-14H,3,8,11,29H2,1-2H3,(H,30,33)(H,32,37)/t14-/m1/s1. The molecule has 0 saturated heterocycles. The van der Waals surface area contributed by atoms with Gasteiger partial charge >= 0.3 is 6.18 Å². The normalized spacial score (nSPS) is 12.4. The molecule has 3 aromatic heterocycles. The third kappa shape index (κ3) is 5.24. The summed E-state index contributed by atoms with van der Waals surface area (Å²) in [6.45, 7) is 3.73. The number of nitriles is 1. The van der Waals surface area contributed by atoms with Crippen molar-refractivity contribution in [1.29, 1.82) is 5.26 Å². The molecule has 1 aromatic carbocycles. The quantitative estimate of drug-likeness (QED) is 0.329. The molecule has 192 valence electrons. The summed E-state index contributed by atoms with van der Waals surface area (Å²) in [7, 11) is 0. The van der Waals surface area contributed by atoms with Gasteiger partial charge in [0, 0.05) is 42.4 Å². The second-order valence-corrected chi connectivity index (χ2v) is 8.32. The van der Waals surface area contributed by atoms with Gasteiger partial charge in [0.25, 0.3) is 5.91 Å². The first-order chi connectivity index (χ1) is 17.7. The van der Waals surface area contributed by atoms with Crippen molar-refractivity contribution in [2.45, 2.75) is 39.0 Å². The number of nitrogens with two attached hydrogens (primary N) is 1. The first-order valence-electron chi connectivity index (χ1n) is 11.4. The third-order valence-electron chi connectivity index (χ3n) is 5.69. The minimum Gasteiger partial charge on any atom is -0.348 e. The topological polar surface area (TPSA) is 139 Å². The first kappa shape index (κ1) is 25.6. The monoisotopic (exact) mass is 511 g/mol. The maximum Gasteiger partial charge on any atom is 0.435 e. The number of anilines is 2. The third-order valence-corrected chi connectivity index (χ3v) is 5.69. The van der Waals surface area contributed by atoms with Crippen LogP contribution in [0, 0.1) is 11.3 Å². The van der Waals surface area contributed by atoms with Gasteiger partial charge in [-0.2, -0.15) is 23.5 Å². The molecule has 10 nitrogen and oxygen atoms in total. The van der Waals surface area contributed by atoms with Crippen LogP contribution < -0.4 is 16.4 Å². The zero-order chi connectivity index (χ0) is 26.7. The van der Waals surface area contributed by atoms with Crippen LogP contribution >= 0.6 is 0 Å². The summed E-state index contributed by atoms with van der Waals surface area (Å²) >= 11 is 0. The van der Waals surface area contributed by atoms with Crippen molar-refractivity contribution < 1.29 is 18.0 Å². The molecule has 0 bridgehead atoms. The number of hydrogen-bond acceptors (Lipinski definition) is 7. The lowest BCUT2D eigenvalue weighted by Crippen LogP contribution is -2.38. The predicted octanol–water partition coefficient (Wildman–Crippen LogP) is 3.52. The van der Waals surface area contributed by atoms with E-state index in [2.05, 4.69) is 25.7 Å². The van der Waals surface area contributed by atoms with E-state index in [1.807, 2.05) is 19.9 Å². The highest BCUT2D eigenvalue weighted by Gasteiger charge is 2.38. The molecule has 3 heterocycles. The Balaban J connectivity index is 1.70. The maximum absolute atomic E-state index is 13.7. The number of hydrogen-bond donors (Lipinski definition) is 3. The van der Waals surface area contributed by atoms with E-state index in [-0.39, 0.29) is 35.4 Å². The van der Waals surface area contributed by atoms with E-state index in [9.17, 15) is 18.0 Å². The molecule has 0 unspecified atom stereocenters. The number of carbonyl (C=O) groups excluding carboxylic acids is 1. The van der Waals surface area contributed by atoms with Gasteiger partial charge in [-0.3, -0.25) is 13.9 Å². The van der Waals surface area contributed by atoms with E-state index in [1.54, 1.807) is 18.2 Å². The number of imidazole rings is 1. The number of carbonyl (C=O) groups is 1. The highest BCUT2D eigenvalue weighted by atomic mass is 19.4. The number of halogens is 3. The lowest BCUT2D eigenvalue weighted by atomic mass is 10.0. The predicted molar refractivity (Wildman–Crippen MR) is 130 cm³/mol. The highest BCUT2D eigenvalue weighted by Crippen LogP contribution is 2.37. The molecule has 1 atom stereocenters. The Bertz CT molecular complexity index is 1480. The van der Waals surface area contributed by atoms with Crippen molar-refractivity contribution in [1.82, 2.24) is 29.5 Å². The van der Waals surface area contributed by atoms with Crippen LogP contribution in [0.3, 0.4) is 0 Å². The number of nitrogens with zero attached hydrogens (tertiary/aromatic N) is 6. The fourth-order valence-corrected chi connectivity index (χ4v) is 3.86. The van der Waals surface area contributed by atoms with Crippen LogP contribution in [0.5, 0.6) is 0 Å². The average molecular weight is 512 g/mol. The molecule has 0 fully saturated rings. The molecule has 0 aliphatic carbocycles. The molecular formula is C24H24F3N9O. The van der Waals surface area contributed by atoms with Gasteiger partial charge in [0.05, 0.1) is 23.5 Å². The van der Waals surface area contributed by atoms with Gasteiger partial charge in [-0.05, 0) is 37.1 Å². The SMILES string of the molecule is CCc1cc(Nc2nccn3c(-c4cn(CC#N)nc4C(F)(F)F)cnc23)ccc1C(=O)N[C@H](C)CN. The molecule has 0 saturated carbocycles. The molecular weight excluding hydrogens is 487 g/mol. The van der Waals surface area contributed by atoms with Crippen LogP contribution in [0.15, 0.2) is 43.0 Å². The molecule has 4 rings (SSSR count). The fraction of sp³-hybridized carbons (Fsp3) is 0.292. The molecule has 4 N–H and O–H groups in total. The van der Waals surface area contributed by atoms with Crippen molar-refractivity contribution in [2.75, 3.05) is 11.9 Å². The minimum absolute atomic E-state index is 0.146. The van der Waals surface area contributed by atoms with Crippen LogP contribution in [-0.2, 0) is 19.1 Å². The first-order valence-corrected chi connectivity index (χ1v) is 11.4. The van der Waals surface area contributed by atoms with Gasteiger partial charge in [0.15, 0.2) is 17.2 Å². The Morgan fingerprint density at radius 2 is 2.08 bits per heavy atom. The summed E-state index contributed by atoms with van der Waals surface area (Å²) in [6, 6.07) is 6.83. The number of fused-ring (bicyclic) bond motifs is 1. The van der Waals surface area contributed by atoms with Gasteiger partial charge < -0.3 is 16.4 Å². The van der Waals surface area contributed by atoms with Gasteiger partial charge in [-0.25, -0.2) is 9.97 Å². The Hall–Kier alpha value is -4.44. The Labute approximate surface area is 209 Å². The second kappa shape index (κ2) is 10.3. The van der Waals surface area contributed by atoms with Crippen LogP contribution in [0.2, 0.25) is 0 Å². The van der Waals surface area contributed by atoms with E-state index in [1.165, 1.54) is 29.2 Å². The van der Waals surface area contributed by atoms with E-state index < -0.39 is 11.9 Å². The summed E-state index contributed by atoms with van der Waals surface area (Å²) in [5.74, 6) is 0.0830. The fourth-order valence-electron chi connectivity index (χ4n) is 3.86. The molecule has 4 aromatic rings. The number of rotatable bonds is 8. The molecule has 0 spiro atoms. The van der Waals surface area contributed by atoms with Crippen LogP contribution in [0.25, 0.3) is 16.9 Å². The van der Waals surface area contributed by atoms with Gasteiger partial charge in [0.2, 0.25) is 0 Å². The molecule has 0 radical (unpaired) electrons. The lowest BCUT2D eigenvalue weighted by molar-refractivity contribution is -0.141. The number of alkyl halides is 3. The summed E-state index contributed by atoms with van der Waals surface area (Å²) < 4.78 is 43.4. The van der Waals surface area contributed by atoms with Crippen molar-refractivity contribution in [2.24, 2.45) is 5.73 Å². The van der Waals surface area contributed by atoms with Crippen molar-refractivity contribution in [3.05, 3.63) is 59.8 Å². The summed E-state index contributed by atoms with van der Waals surface area (Å²) in [5, 5.41) is 18.4. The minimum atomic E-state index is -4.72. The summed E-state index contributed by atoms with van der Waals surface area (Å²) in [6.07, 6.45) is 1.27. The van der Waals surface area contributed by atoms with E-state index in [0.29, 0.717) is 30.0 Å². The van der Waals surface area contributed by atoms with Crippen LogP contribution in [0.4, 0.5) is 24.7 Å². The molecule has 0 aliphatic rings. The van der Waals surface area contributed by atoms with E-state index in [4.69, 9.17) is 11.0 Å². The van der Waals surface area contributed by atoms with Crippen LogP contribution in [0.1, 0.15) is 35.5 Å². The second-order valence-electron chi connectivity index (χ2n) is 8.32. The van der Waals surface area contributed by atoms with Crippen LogP contribution in [-0.4, -0.2) is 42.6 Å². The number of amides is 1. The highest BCUT2D eigenvalue weighted by molar-refractivity contribution is 5.96. The maximum atomic E-state index is 13.7. The number of aromatic nitrogens is 5. The van der Waals surface area contributed by atoms with Gasteiger partial charge in [-0.1, -0.05) is 6.92 Å².